The molecule has 0 aliphatic carbocycles. The highest BCUT2D eigenvalue weighted by atomic mass is 16.6. The molecule has 1 saturated heterocycles. The van der Waals surface area contributed by atoms with Gasteiger partial charge in [0.2, 0.25) is 5.91 Å². The van der Waals surface area contributed by atoms with Crippen molar-refractivity contribution in [1.82, 2.24) is 10.9 Å². The van der Waals surface area contributed by atoms with Crippen LogP contribution in [0, 0.1) is 17.2 Å². The third kappa shape index (κ3) is 3.86. The molecular formula is C18H24N4O3. The highest BCUT2D eigenvalue weighted by Gasteiger charge is 2.34. The number of nitrogens with one attached hydrogen (secondary N) is 2. The zero-order valence-electron chi connectivity index (χ0n) is 14.6. The summed E-state index contributed by atoms with van der Waals surface area (Å²) in [5, 5.41) is 8.96. The van der Waals surface area contributed by atoms with Crippen molar-refractivity contribution >= 4 is 11.6 Å². The van der Waals surface area contributed by atoms with E-state index in [1.807, 2.05) is 18.2 Å². The van der Waals surface area contributed by atoms with Crippen molar-refractivity contribution in [2.75, 3.05) is 24.7 Å². The second-order valence-corrected chi connectivity index (χ2v) is 6.65. The van der Waals surface area contributed by atoms with Gasteiger partial charge in [0.15, 0.2) is 11.5 Å². The van der Waals surface area contributed by atoms with Gasteiger partial charge < -0.3 is 14.4 Å². The van der Waals surface area contributed by atoms with Gasteiger partial charge in [0.05, 0.1) is 12.5 Å². The molecule has 0 spiro atoms. The SMILES string of the molecule is CC(C)C1CC(C(=O)N(CCC#N)c2ccc3c(c2)OCCO3)NN1. The average Bonchev–Trinajstić information content (AvgIpc) is 3.12. The van der Waals surface area contributed by atoms with Crippen molar-refractivity contribution < 1.29 is 14.3 Å². The quantitative estimate of drug-likeness (QED) is 0.844. The summed E-state index contributed by atoms with van der Waals surface area (Å²) in [6.07, 6.45) is 0.998. The van der Waals surface area contributed by atoms with Crippen molar-refractivity contribution in [2.24, 2.45) is 5.92 Å². The van der Waals surface area contributed by atoms with Crippen LogP contribution >= 0.6 is 0 Å². The summed E-state index contributed by atoms with van der Waals surface area (Å²) >= 11 is 0. The molecule has 134 valence electrons. The molecule has 2 aliphatic rings. The average molecular weight is 344 g/mol. The maximum Gasteiger partial charge on any atom is 0.245 e. The van der Waals surface area contributed by atoms with Crippen LogP contribution < -0.4 is 25.2 Å². The number of hydrogen-bond acceptors (Lipinski definition) is 6. The molecule has 25 heavy (non-hydrogen) atoms. The lowest BCUT2D eigenvalue weighted by Crippen LogP contribution is -2.46. The number of carbonyl (C=O) groups excluding carboxylic acids is 1. The van der Waals surface area contributed by atoms with E-state index in [0.717, 1.165) is 12.1 Å². The zero-order chi connectivity index (χ0) is 17.8. The van der Waals surface area contributed by atoms with E-state index in [2.05, 4.69) is 30.8 Å². The molecule has 0 bridgehead atoms. The van der Waals surface area contributed by atoms with Gasteiger partial charge in [0.1, 0.15) is 19.3 Å². The van der Waals surface area contributed by atoms with E-state index in [1.54, 1.807) is 4.90 Å². The van der Waals surface area contributed by atoms with E-state index in [1.165, 1.54) is 0 Å². The Labute approximate surface area is 147 Å². The molecule has 1 amide bonds. The van der Waals surface area contributed by atoms with Crippen molar-refractivity contribution in [1.29, 1.82) is 5.26 Å². The third-order valence-corrected chi connectivity index (χ3v) is 4.59. The number of hydrazine groups is 1. The van der Waals surface area contributed by atoms with Crippen LogP contribution in [-0.4, -0.2) is 37.7 Å². The van der Waals surface area contributed by atoms with Gasteiger partial charge in [0, 0.05) is 24.3 Å². The first-order chi connectivity index (χ1) is 12.1. The maximum atomic E-state index is 13.0. The second kappa shape index (κ2) is 7.72. The fourth-order valence-electron chi connectivity index (χ4n) is 3.10. The summed E-state index contributed by atoms with van der Waals surface area (Å²) < 4.78 is 11.2. The number of carbonyl (C=O) groups is 1. The molecular weight excluding hydrogens is 320 g/mol. The second-order valence-electron chi connectivity index (χ2n) is 6.65. The Morgan fingerprint density at radius 2 is 2.08 bits per heavy atom. The lowest BCUT2D eigenvalue weighted by molar-refractivity contribution is -0.120. The number of ether oxygens (including phenoxy) is 2. The Morgan fingerprint density at radius 1 is 1.32 bits per heavy atom. The van der Waals surface area contributed by atoms with Crippen molar-refractivity contribution in [3.05, 3.63) is 18.2 Å². The van der Waals surface area contributed by atoms with Crippen molar-refractivity contribution in [2.45, 2.75) is 38.8 Å². The molecule has 2 atom stereocenters. The predicted molar refractivity (Wildman–Crippen MR) is 93.3 cm³/mol. The van der Waals surface area contributed by atoms with Gasteiger partial charge in [-0.1, -0.05) is 13.8 Å². The molecule has 1 aromatic carbocycles. The van der Waals surface area contributed by atoms with Gasteiger partial charge in [0.25, 0.3) is 0 Å². The summed E-state index contributed by atoms with van der Waals surface area (Å²) in [5.74, 6) is 1.72. The molecule has 0 radical (unpaired) electrons. The molecule has 2 unspecified atom stereocenters. The highest BCUT2D eigenvalue weighted by molar-refractivity contribution is 5.97. The van der Waals surface area contributed by atoms with E-state index < -0.39 is 0 Å². The number of rotatable bonds is 5. The van der Waals surface area contributed by atoms with Crippen LogP contribution in [0.25, 0.3) is 0 Å². The first kappa shape index (κ1) is 17.5. The summed E-state index contributed by atoms with van der Waals surface area (Å²) in [6.45, 7) is 5.62. The molecule has 7 heteroatoms. The number of nitrogens with zero attached hydrogens (tertiary/aromatic N) is 2. The maximum absolute atomic E-state index is 13.0. The minimum Gasteiger partial charge on any atom is -0.486 e. The van der Waals surface area contributed by atoms with Crippen LogP contribution in [0.15, 0.2) is 18.2 Å². The molecule has 2 N–H and O–H groups in total. The first-order valence-electron chi connectivity index (χ1n) is 8.69. The fraction of sp³-hybridized carbons (Fsp3) is 0.556. The number of amides is 1. The van der Waals surface area contributed by atoms with Gasteiger partial charge in [-0.3, -0.25) is 10.2 Å². The Morgan fingerprint density at radius 3 is 2.76 bits per heavy atom. The Kier molecular flexibility index (Phi) is 5.41. The highest BCUT2D eigenvalue weighted by Crippen LogP contribution is 2.34. The standard InChI is InChI=1S/C18H24N4O3/c1-12(2)14-11-15(21-20-14)18(23)22(7-3-6-19)13-4-5-16-17(10-13)25-9-8-24-16/h4-5,10,12,14-15,20-21H,3,7-9,11H2,1-2H3. The van der Waals surface area contributed by atoms with Gasteiger partial charge in [-0.05, 0) is 24.5 Å². The normalized spacial score (nSPS) is 21.8. The summed E-state index contributed by atoms with van der Waals surface area (Å²) in [5.41, 5.74) is 7.01. The van der Waals surface area contributed by atoms with Gasteiger partial charge in [-0.25, -0.2) is 5.43 Å². The van der Waals surface area contributed by atoms with E-state index >= 15 is 0 Å². The van der Waals surface area contributed by atoms with E-state index in [4.69, 9.17) is 14.7 Å². The molecule has 0 aromatic heterocycles. The van der Waals surface area contributed by atoms with Crippen LogP contribution in [0.4, 0.5) is 5.69 Å². The van der Waals surface area contributed by atoms with Crippen molar-refractivity contribution in [3.8, 4) is 17.6 Å². The summed E-state index contributed by atoms with van der Waals surface area (Å²) in [4.78, 5) is 14.7. The number of anilines is 1. The Hall–Kier alpha value is -2.30. The Balaban J connectivity index is 1.80. The molecule has 7 nitrogen and oxygen atoms in total. The number of nitriles is 1. The minimum absolute atomic E-state index is 0.0393. The third-order valence-electron chi connectivity index (χ3n) is 4.59. The predicted octanol–water partition coefficient (Wildman–Crippen LogP) is 1.60. The van der Waals surface area contributed by atoms with Crippen LogP contribution in [-0.2, 0) is 4.79 Å². The number of fused-ring (bicyclic) bond motifs is 1. The zero-order valence-corrected chi connectivity index (χ0v) is 14.6. The summed E-state index contributed by atoms with van der Waals surface area (Å²) in [6, 6.07) is 7.53. The van der Waals surface area contributed by atoms with E-state index in [0.29, 0.717) is 37.2 Å². The molecule has 0 saturated carbocycles. The topological polar surface area (TPSA) is 86.6 Å². The first-order valence-corrected chi connectivity index (χ1v) is 8.69. The number of hydrogen-bond donors (Lipinski definition) is 2. The Bertz CT molecular complexity index is 671. The van der Waals surface area contributed by atoms with Crippen LogP contribution in [0.5, 0.6) is 11.5 Å². The van der Waals surface area contributed by atoms with E-state index in [9.17, 15) is 4.79 Å². The monoisotopic (exact) mass is 344 g/mol. The van der Waals surface area contributed by atoms with Crippen LogP contribution in [0.3, 0.4) is 0 Å². The molecule has 2 heterocycles. The minimum atomic E-state index is -0.306. The summed E-state index contributed by atoms with van der Waals surface area (Å²) in [7, 11) is 0. The lowest BCUT2D eigenvalue weighted by Gasteiger charge is -2.27. The smallest absolute Gasteiger partial charge is 0.245 e. The number of benzene rings is 1. The van der Waals surface area contributed by atoms with Crippen molar-refractivity contribution in [3.63, 3.8) is 0 Å². The molecule has 1 fully saturated rings. The van der Waals surface area contributed by atoms with Gasteiger partial charge in [-0.15, -0.1) is 0 Å². The molecule has 2 aliphatic heterocycles. The lowest BCUT2D eigenvalue weighted by atomic mass is 9.99. The van der Waals surface area contributed by atoms with Crippen LogP contribution in [0.2, 0.25) is 0 Å². The molecule has 3 rings (SSSR count). The fourth-order valence-corrected chi connectivity index (χ4v) is 3.10. The van der Waals surface area contributed by atoms with E-state index in [-0.39, 0.29) is 24.4 Å². The van der Waals surface area contributed by atoms with Crippen LogP contribution in [0.1, 0.15) is 26.7 Å². The molecule has 1 aromatic rings. The largest absolute Gasteiger partial charge is 0.486 e. The van der Waals surface area contributed by atoms with Gasteiger partial charge >= 0.3 is 0 Å². The van der Waals surface area contributed by atoms with Gasteiger partial charge in [-0.2, -0.15) is 5.26 Å².